The predicted octanol–water partition coefficient (Wildman–Crippen LogP) is 3.23. The summed E-state index contributed by atoms with van der Waals surface area (Å²) < 4.78 is 10.3. The molecule has 2 N–H and O–H groups in total. The molecule has 2 aromatic carbocycles. The standard InChI is InChI=1S/C25H31N3O5/c1-25(2,3)33-24(31)27-20(14-17-10-6-5-7-11-17)21-15-28(16-22(29)32-4)23(30)18-12-8-9-13-19(18)26-21/h5-13,20-21,26H,14-16H2,1-4H3,(H,27,31)/t20-,21+/m0/s1. The first kappa shape index (κ1) is 24.1. The number of anilines is 1. The number of para-hydroxylation sites is 1. The molecule has 0 fully saturated rings. The SMILES string of the molecule is COC(=O)CN1C[C@H]([C@H](Cc2ccccc2)NC(=O)OC(C)(C)C)Nc2ccccc2C1=O. The van der Waals surface area contributed by atoms with Crippen LogP contribution in [0.1, 0.15) is 36.7 Å². The molecular weight excluding hydrogens is 422 g/mol. The van der Waals surface area contributed by atoms with E-state index < -0.39 is 29.7 Å². The molecule has 0 bridgehead atoms. The molecule has 0 saturated carbocycles. The molecule has 0 saturated heterocycles. The van der Waals surface area contributed by atoms with Gasteiger partial charge in [-0.2, -0.15) is 0 Å². The molecule has 0 aliphatic carbocycles. The van der Waals surface area contributed by atoms with E-state index in [0.29, 0.717) is 17.7 Å². The van der Waals surface area contributed by atoms with Crippen molar-refractivity contribution in [3.63, 3.8) is 0 Å². The van der Waals surface area contributed by atoms with Gasteiger partial charge in [0.25, 0.3) is 5.91 Å². The van der Waals surface area contributed by atoms with Crippen LogP contribution < -0.4 is 10.6 Å². The van der Waals surface area contributed by atoms with Gasteiger partial charge in [0.05, 0.1) is 24.8 Å². The lowest BCUT2D eigenvalue weighted by atomic mass is 9.98. The number of hydrogen-bond acceptors (Lipinski definition) is 6. The fourth-order valence-corrected chi connectivity index (χ4v) is 3.74. The highest BCUT2D eigenvalue weighted by Crippen LogP contribution is 2.24. The minimum absolute atomic E-state index is 0.188. The monoisotopic (exact) mass is 453 g/mol. The quantitative estimate of drug-likeness (QED) is 0.652. The maximum Gasteiger partial charge on any atom is 0.407 e. The van der Waals surface area contributed by atoms with Crippen LogP contribution in [0.4, 0.5) is 10.5 Å². The number of nitrogens with one attached hydrogen (secondary N) is 2. The van der Waals surface area contributed by atoms with Gasteiger partial charge >= 0.3 is 12.1 Å². The van der Waals surface area contributed by atoms with Crippen LogP contribution in [-0.2, 0) is 20.7 Å². The molecule has 2 aromatic rings. The van der Waals surface area contributed by atoms with Crippen LogP contribution in [0, 0.1) is 0 Å². The number of fused-ring (bicyclic) bond motifs is 1. The number of ether oxygens (including phenoxy) is 2. The fourth-order valence-electron chi connectivity index (χ4n) is 3.74. The van der Waals surface area contributed by atoms with E-state index >= 15 is 0 Å². The van der Waals surface area contributed by atoms with E-state index in [4.69, 9.17) is 9.47 Å². The summed E-state index contributed by atoms with van der Waals surface area (Å²) in [6, 6.07) is 16.1. The number of carbonyl (C=O) groups is 3. The molecule has 0 aromatic heterocycles. The Labute approximate surface area is 194 Å². The summed E-state index contributed by atoms with van der Waals surface area (Å²) in [7, 11) is 1.29. The maximum atomic E-state index is 13.2. The van der Waals surface area contributed by atoms with E-state index in [9.17, 15) is 14.4 Å². The lowest BCUT2D eigenvalue weighted by Crippen LogP contribution is -2.54. The van der Waals surface area contributed by atoms with Gasteiger partial charge in [0, 0.05) is 12.2 Å². The zero-order valence-electron chi connectivity index (χ0n) is 19.5. The highest BCUT2D eigenvalue weighted by molar-refractivity contribution is 6.01. The second kappa shape index (κ2) is 10.4. The van der Waals surface area contributed by atoms with Gasteiger partial charge in [-0.3, -0.25) is 9.59 Å². The van der Waals surface area contributed by atoms with Crippen molar-refractivity contribution in [1.82, 2.24) is 10.2 Å². The summed E-state index contributed by atoms with van der Waals surface area (Å²) >= 11 is 0. The van der Waals surface area contributed by atoms with Crippen LogP contribution >= 0.6 is 0 Å². The first-order valence-electron chi connectivity index (χ1n) is 10.9. The molecule has 33 heavy (non-hydrogen) atoms. The highest BCUT2D eigenvalue weighted by atomic mass is 16.6. The minimum atomic E-state index is -0.655. The van der Waals surface area contributed by atoms with Crippen LogP contribution in [-0.4, -0.2) is 60.8 Å². The van der Waals surface area contributed by atoms with Crippen molar-refractivity contribution in [1.29, 1.82) is 0 Å². The van der Waals surface area contributed by atoms with Crippen molar-refractivity contribution in [2.45, 2.75) is 44.9 Å². The number of alkyl carbamates (subject to hydrolysis) is 1. The molecule has 1 aliphatic heterocycles. The van der Waals surface area contributed by atoms with Crippen molar-refractivity contribution in [2.24, 2.45) is 0 Å². The Hall–Kier alpha value is -3.55. The number of hydrogen-bond donors (Lipinski definition) is 2. The van der Waals surface area contributed by atoms with Gasteiger partial charge in [-0.05, 0) is 44.9 Å². The van der Waals surface area contributed by atoms with Crippen LogP contribution in [0.15, 0.2) is 54.6 Å². The average Bonchev–Trinajstić information content (AvgIpc) is 2.89. The smallest absolute Gasteiger partial charge is 0.407 e. The minimum Gasteiger partial charge on any atom is -0.468 e. The van der Waals surface area contributed by atoms with Gasteiger partial charge in [0.1, 0.15) is 12.1 Å². The molecule has 2 atom stereocenters. The summed E-state index contributed by atoms with van der Waals surface area (Å²) in [5.41, 5.74) is 1.46. The first-order chi connectivity index (χ1) is 15.7. The molecule has 0 spiro atoms. The van der Waals surface area contributed by atoms with Crippen molar-refractivity contribution < 1.29 is 23.9 Å². The predicted molar refractivity (Wildman–Crippen MR) is 125 cm³/mol. The zero-order valence-corrected chi connectivity index (χ0v) is 19.5. The lowest BCUT2D eigenvalue weighted by molar-refractivity contribution is -0.141. The van der Waals surface area contributed by atoms with Crippen LogP contribution in [0.2, 0.25) is 0 Å². The molecule has 176 valence electrons. The number of nitrogens with zero attached hydrogens (tertiary/aromatic N) is 1. The molecule has 8 heteroatoms. The third-order valence-corrected chi connectivity index (χ3v) is 5.24. The number of rotatable bonds is 6. The molecule has 0 radical (unpaired) electrons. The van der Waals surface area contributed by atoms with Gasteiger partial charge in [0.2, 0.25) is 0 Å². The van der Waals surface area contributed by atoms with Gasteiger partial charge < -0.3 is 25.0 Å². The Bertz CT molecular complexity index is 987. The second-order valence-electron chi connectivity index (χ2n) is 9.00. The number of carbonyl (C=O) groups excluding carboxylic acids is 3. The Balaban J connectivity index is 1.94. The van der Waals surface area contributed by atoms with Crippen LogP contribution in [0.5, 0.6) is 0 Å². The highest BCUT2D eigenvalue weighted by Gasteiger charge is 2.34. The summed E-state index contributed by atoms with van der Waals surface area (Å²) in [4.78, 5) is 39.4. The van der Waals surface area contributed by atoms with Crippen LogP contribution in [0.25, 0.3) is 0 Å². The van der Waals surface area contributed by atoms with E-state index in [-0.39, 0.29) is 19.0 Å². The third kappa shape index (κ3) is 6.71. The number of amides is 2. The Morgan fingerprint density at radius 3 is 2.45 bits per heavy atom. The summed E-state index contributed by atoms with van der Waals surface area (Å²) in [6.45, 7) is 5.41. The third-order valence-electron chi connectivity index (χ3n) is 5.24. The van der Waals surface area contributed by atoms with Gasteiger partial charge in [-0.25, -0.2) is 4.79 Å². The number of methoxy groups -OCH3 is 1. The van der Waals surface area contributed by atoms with E-state index in [1.54, 1.807) is 32.9 Å². The molecular formula is C25H31N3O5. The summed E-state index contributed by atoms with van der Waals surface area (Å²) in [5, 5.41) is 6.39. The molecule has 3 rings (SSSR count). The maximum absolute atomic E-state index is 13.2. The normalized spacial score (nSPS) is 16.7. The van der Waals surface area contributed by atoms with Crippen LogP contribution in [0.3, 0.4) is 0 Å². The van der Waals surface area contributed by atoms with E-state index in [1.807, 2.05) is 42.5 Å². The van der Waals surface area contributed by atoms with Crippen molar-refractivity contribution in [2.75, 3.05) is 25.5 Å². The van der Waals surface area contributed by atoms with Gasteiger partial charge in [0.15, 0.2) is 0 Å². The van der Waals surface area contributed by atoms with Crippen molar-refractivity contribution >= 4 is 23.7 Å². The molecule has 0 unspecified atom stereocenters. The number of benzene rings is 2. The summed E-state index contributed by atoms with van der Waals surface area (Å²) in [6.07, 6.45) is -0.0474. The second-order valence-corrected chi connectivity index (χ2v) is 9.00. The van der Waals surface area contributed by atoms with E-state index in [2.05, 4.69) is 10.6 Å². The molecule has 1 heterocycles. The largest absolute Gasteiger partial charge is 0.468 e. The average molecular weight is 454 g/mol. The Morgan fingerprint density at radius 1 is 1.12 bits per heavy atom. The first-order valence-corrected chi connectivity index (χ1v) is 10.9. The topological polar surface area (TPSA) is 97.0 Å². The molecule has 2 amide bonds. The van der Waals surface area contributed by atoms with Gasteiger partial charge in [-0.1, -0.05) is 42.5 Å². The van der Waals surface area contributed by atoms with Crippen molar-refractivity contribution in [3.8, 4) is 0 Å². The number of esters is 1. The Morgan fingerprint density at radius 2 is 1.79 bits per heavy atom. The van der Waals surface area contributed by atoms with Crippen molar-refractivity contribution in [3.05, 3.63) is 65.7 Å². The summed E-state index contributed by atoms with van der Waals surface area (Å²) in [5.74, 6) is -0.789. The lowest BCUT2D eigenvalue weighted by Gasteiger charge is -2.32. The van der Waals surface area contributed by atoms with E-state index in [1.165, 1.54) is 12.0 Å². The fraction of sp³-hybridized carbons (Fsp3) is 0.400. The molecule has 8 nitrogen and oxygen atoms in total. The van der Waals surface area contributed by atoms with E-state index in [0.717, 1.165) is 5.56 Å². The van der Waals surface area contributed by atoms with Gasteiger partial charge in [-0.15, -0.1) is 0 Å². The molecule has 1 aliphatic rings. The Kier molecular flexibility index (Phi) is 7.58. The zero-order chi connectivity index (χ0) is 24.0.